The summed E-state index contributed by atoms with van der Waals surface area (Å²) < 4.78 is 7.70. The summed E-state index contributed by atoms with van der Waals surface area (Å²) in [7, 11) is 2.15. The monoisotopic (exact) mass is 347 g/mol. The van der Waals surface area contributed by atoms with E-state index < -0.39 is 0 Å². The molecule has 1 saturated carbocycles. The highest BCUT2D eigenvalue weighted by molar-refractivity contribution is 5.04. The van der Waals surface area contributed by atoms with E-state index in [1.54, 1.807) is 0 Å². The summed E-state index contributed by atoms with van der Waals surface area (Å²) >= 11 is 0. The molecule has 0 amide bonds. The van der Waals surface area contributed by atoms with Gasteiger partial charge in [0.15, 0.2) is 0 Å². The number of rotatable bonds is 4. The number of morpholine rings is 1. The normalized spacial score (nSPS) is 25.5. The molecular weight excluding hydrogens is 314 g/mol. The second kappa shape index (κ2) is 8.14. The number of piperidine rings is 1. The third kappa shape index (κ3) is 4.07. The lowest BCUT2D eigenvalue weighted by molar-refractivity contribution is 0.0326. The fraction of sp³-hybridized carbons (Fsp3) is 0.895. The van der Waals surface area contributed by atoms with E-state index in [1.165, 1.54) is 63.9 Å². The van der Waals surface area contributed by atoms with Crippen molar-refractivity contribution in [2.45, 2.75) is 63.5 Å². The van der Waals surface area contributed by atoms with Gasteiger partial charge in [-0.15, -0.1) is 10.2 Å². The lowest BCUT2D eigenvalue weighted by Crippen LogP contribution is -2.42. The number of aromatic nitrogens is 3. The molecule has 3 fully saturated rings. The van der Waals surface area contributed by atoms with E-state index in [0.29, 0.717) is 5.92 Å². The first-order valence-electron chi connectivity index (χ1n) is 10.2. The maximum Gasteiger partial charge on any atom is 0.146 e. The molecule has 6 nitrogen and oxygen atoms in total. The molecule has 0 N–H and O–H groups in total. The summed E-state index contributed by atoms with van der Waals surface area (Å²) in [6, 6.07) is 0.853. The van der Waals surface area contributed by atoms with E-state index in [-0.39, 0.29) is 0 Å². The Kier molecular flexibility index (Phi) is 5.68. The predicted molar refractivity (Wildman–Crippen MR) is 97.5 cm³/mol. The lowest BCUT2D eigenvalue weighted by atomic mass is 9.90. The SMILES string of the molecule is Cn1c(CN2CCOCC2)nnc1C1CCN(C2CCCCC2)CC1. The quantitative estimate of drug-likeness (QED) is 0.835. The van der Waals surface area contributed by atoms with Crippen LogP contribution in [-0.4, -0.2) is 70.0 Å². The van der Waals surface area contributed by atoms with Crippen molar-refractivity contribution < 1.29 is 4.74 Å². The molecule has 4 rings (SSSR count). The second-order valence-electron chi connectivity index (χ2n) is 8.02. The number of likely N-dealkylation sites (tertiary alicyclic amines) is 1. The van der Waals surface area contributed by atoms with E-state index in [1.807, 2.05) is 0 Å². The molecule has 0 radical (unpaired) electrons. The van der Waals surface area contributed by atoms with Gasteiger partial charge in [-0.25, -0.2) is 0 Å². The third-order valence-electron chi connectivity index (χ3n) is 6.45. The van der Waals surface area contributed by atoms with Gasteiger partial charge in [0.2, 0.25) is 0 Å². The first-order chi connectivity index (χ1) is 12.3. The summed E-state index contributed by atoms with van der Waals surface area (Å²) in [5.41, 5.74) is 0. The summed E-state index contributed by atoms with van der Waals surface area (Å²) in [6.07, 6.45) is 9.60. The van der Waals surface area contributed by atoms with E-state index in [0.717, 1.165) is 44.7 Å². The summed E-state index contributed by atoms with van der Waals surface area (Å²) in [6.45, 7) is 7.05. The average Bonchev–Trinajstić information content (AvgIpc) is 3.04. The minimum absolute atomic E-state index is 0.579. The minimum atomic E-state index is 0.579. The van der Waals surface area contributed by atoms with E-state index in [9.17, 15) is 0 Å². The van der Waals surface area contributed by atoms with Gasteiger partial charge in [0, 0.05) is 32.1 Å². The van der Waals surface area contributed by atoms with Crippen LogP contribution < -0.4 is 0 Å². The molecule has 140 valence electrons. The van der Waals surface area contributed by atoms with Crippen LogP contribution in [0.5, 0.6) is 0 Å². The predicted octanol–water partition coefficient (Wildman–Crippen LogP) is 2.16. The number of nitrogens with zero attached hydrogens (tertiary/aromatic N) is 5. The molecule has 1 aliphatic carbocycles. The molecule has 0 atom stereocenters. The Labute approximate surface area is 151 Å². The Morgan fingerprint density at radius 2 is 1.64 bits per heavy atom. The highest BCUT2D eigenvalue weighted by Gasteiger charge is 2.29. The fourth-order valence-electron chi connectivity index (χ4n) is 4.80. The van der Waals surface area contributed by atoms with Crippen molar-refractivity contribution in [2.24, 2.45) is 7.05 Å². The van der Waals surface area contributed by atoms with Gasteiger partial charge < -0.3 is 14.2 Å². The van der Waals surface area contributed by atoms with Crippen molar-refractivity contribution in [2.75, 3.05) is 39.4 Å². The van der Waals surface area contributed by atoms with Crippen molar-refractivity contribution in [1.82, 2.24) is 24.6 Å². The van der Waals surface area contributed by atoms with Gasteiger partial charge in [0.25, 0.3) is 0 Å². The molecular formula is C19H33N5O. The molecule has 1 aromatic rings. The van der Waals surface area contributed by atoms with Gasteiger partial charge in [0.05, 0.1) is 19.8 Å². The third-order valence-corrected chi connectivity index (χ3v) is 6.45. The Balaban J connectivity index is 1.33. The zero-order valence-corrected chi connectivity index (χ0v) is 15.7. The van der Waals surface area contributed by atoms with Crippen LogP contribution in [0.4, 0.5) is 0 Å². The Bertz CT molecular complexity index is 540. The molecule has 0 spiro atoms. The van der Waals surface area contributed by atoms with Crippen molar-refractivity contribution in [3.63, 3.8) is 0 Å². The van der Waals surface area contributed by atoms with Gasteiger partial charge in [-0.1, -0.05) is 19.3 Å². The fourth-order valence-corrected chi connectivity index (χ4v) is 4.80. The first kappa shape index (κ1) is 17.4. The molecule has 2 saturated heterocycles. The molecule has 0 bridgehead atoms. The lowest BCUT2D eigenvalue weighted by Gasteiger charge is -2.39. The first-order valence-corrected chi connectivity index (χ1v) is 10.2. The average molecular weight is 348 g/mol. The summed E-state index contributed by atoms with van der Waals surface area (Å²) in [5.74, 6) is 2.88. The summed E-state index contributed by atoms with van der Waals surface area (Å²) in [4.78, 5) is 5.17. The van der Waals surface area contributed by atoms with E-state index in [4.69, 9.17) is 4.74 Å². The van der Waals surface area contributed by atoms with Crippen LogP contribution in [0.25, 0.3) is 0 Å². The largest absolute Gasteiger partial charge is 0.379 e. The van der Waals surface area contributed by atoms with Gasteiger partial charge in [-0.3, -0.25) is 4.90 Å². The Hall–Kier alpha value is -0.980. The second-order valence-corrected chi connectivity index (χ2v) is 8.02. The highest BCUT2D eigenvalue weighted by atomic mass is 16.5. The highest BCUT2D eigenvalue weighted by Crippen LogP contribution is 2.31. The van der Waals surface area contributed by atoms with Crippen molar-refractivity contribution >= 4 is 0 Å². The molecule has 3 heterocycles. The smallest absolute Gasteiger partial charge is 0.146 e. The Morgan fingerprint density at radius 1 is 0.920 bits per heavy atom. The van der Waals surface area contributed by atoms with Gasteiger partial charge in [-0.05, 0) is 38.8 Å². The molecule has 2 aliphatic heterocycles. The Morgan fingerprint density at radius 3 is 2.36 bits per heavy atom. The maximum atomic E-state index is 5.44. The van der Waals surface area contributed by atoms with Crippen molar-refractivity contribution in [3.05, 3.63) is 11.6 Å². The molecule has 1 aromatic heterocycles. The number of ether oxygens (including phenoxy) is 1. The molecule has 0 aromatic carbocycles. The number of hydrogen-bond donors (Lipinski definition) is 0. The molecule has 0 unspecified atom stereocenters. The van der Waals surface area contributed by atoms with Gasteiger partial charge >= 0.3 is 0 Å². The van der Waals surface area contributed by atoms with E-state index >= 15 is 0 Å². The van der Waals surface area contributed by atoms with Gasteiger partial charge in [-0.2, -0.15) is 0 Å². The van der Waals surface area contributed by atoms with Gasteiger partial charge in [0.1, 0.15) is 11.6 Å². The molecule has 25 heavy (non-hydrogen) atoms. The topological polar surface area (TPSA) is 46.4 Å². The minimum Gasteiger partial charge on any atom is -0.379 e. The van der Waals surface area contributed by atoms with Crippen LogP contribution >= 0.6 is 0 Å². The van der Waals surface area contributed by atoms with Crippen LogP contribution in [-0.2, 0) is 18.3 Å². The molecule has 6 heteroatoms. The van der Waals surface area contributed by atoms with Crippen molar-refractivity contribution in [1.29, 1.82) is 0 Å². The van der Waals surface area contributed by atoms with Crippen molar-refractivity contribution in [3.8, 4) is 0 Å². The standard InChI is InChI=1S/C19H33N5O/c1-22-18(15-23-11-13-25-14-12-23)20-21-19(22)16-7-9-24(10-8-16)17-5-3-2-4-6-17/h16-17H,2-15H2,1H3. The van der Waals surface area contributed by atoms with Crippen LogP contribution in [0.15, 0.2) is 0 Å². The number of hydrogen-bond acceptors (Lipinski definition) is 5. The zero-order chi connectivity index (χ0) is 17.1. The van der Waals surface area contributed by atoms with E-state index in [2.05, 4.69) is 31.6 Å². The zero-order valence-electron chi connectivity index (χ0n) is 15.7. The van der Waals surface area contributed by atoms with Crippen LogP contribution in [0, 0.1) is 0 Å². The van der Waals surface area contributed by atoms with Crippen LogP contribution in [0.3, 0.4) is 0 Å². The molecule has 3 aliphatic rings. The van der Waals surface area contributed by atoms with Crippen LogP contribution in [0.2, 0.25) is 0 Å². The maximum absolute atomic E-state index is 5.44. The summed E-state index contributed by atoms with van der Waals surface area (Å²) in [5, 5.41) is 9.09. The van der Waals surface area contributed by atoms with Crippen LogP contribution in [0.1, 0.15) is 62.5 Å².